The molecular weight excluding hydrogens is 405 g/mol. The second-order valence-electron chi connectivity index (χ2n) is 6.53. The third-order valence-corrected chi connectivity index (χ3v) is 3.96. The SMILES string of the molecule is CCN1CCCC1CNC(=NCC(=O)N(C)C)NCC(C)C.I. The highest BCUT2D eigenvalue weighted by molar-refractivity contribution is 14.0. The maximum atomic E-state index is 11.7. The lowest BCUT2D eigenvalue weighted by molar-refractivity contribution is -0.127. The van der Waals surface area contributed by atoms with Crippen molar-refractivity contribution in [3.05, 3.63) is 0 Å². The summed E-state index contributed by atoms with van der Waals surface area (Å²) in [5.41, 5.74) is 0. The van der Waals surface area contributed by atoms with Crippen molar-refractivity contribution in [1.29, 1.82) is 0 Å². The van der Waals surface area contributed by atoms with Gasteiger partial charge in [-0.3, -0.25) is 9.69 Å². The number of guanidine groups is 1. The summed E-state index contributed by atoms with van der Waals surface area (Å²) in [5, 5.41) is 6.72. The zero-order valence-electron chi connectivity index (χ0n) is 15.3. The van der Waals surface area contributed by atoms with E-state index in [1.54, 1.807) is 19.0 Å². The summed E-state index contributed by atoms with van der Waals surface area (Å²) < 4.78 is 0. The van der Waals surface area contributed by atoms with Crippen molar-refractivity contribution in [2.75, 3.05) is 46.8 Å². The van der Waals surface area contributed by atoms with E-state index >= 15 is 0 Å². The molecule has 0 aliphatic carbocycles. The first-order valence-corrected chi connectivity index (χ1v) is 8.40. The highest BCUT2D eigenvalue weighted by Gasteiger charge is 2.22. The van der Waals surface area contributed by atoms with E-state index in [0.717, 1.165) is 25.6 Å². The quantitative estimate of drug-likeness (QED) is 0.358. The Morgan fingerprint density at radius 2 is 2.04 bits per heavy atom. The van der Waals surface area contributed by atoms with E-state index in [9.17, 15) is 4.79 Å². The third kappa shape index (κ3) is 8.74. The van der Waals surface area contributed by atoms with Crippen molar-refractivity contribution in [3.63, 3.8) is 0 Å². The molecule has 0 saturated carbocycles. The molecule has 1 heterocycles. The molecular formula is C16H34IN5O. The largest absolute Gasteiger partial charge is 0.356 e. The molecule has 0 radical (unpaired) electrons. The van der Waals surface area contributed by atoms with Crippen molar-refractivity contribution in [2.45, 2.75) is 39.7 Å². The second kappa shape index (κ2) is 11.9. The molecule has 0 bridgehead atoms. The summed E-state index contributed by atoms with van der Waals surface area (Å²) >= 11 is 0. The van der Waals surface area contributed by atoms with Gasteiger partial charge in [0.15, 0.2) is 5.96 Å². The van der Waals surface area contributed by atoms with Crippen LogP contribution in [-0.4, -0.2) is 74.5 Å². The summed E-state index contributed by atoms with van der Waals surface area (Å²) in [6.07, 6.45) is 2.50. The maximum absolute atomic E-state index is 11.7. The van der Waals surface area contributed by atoms with Crippen LogP contribution in [0.2, 0.25) is 0 Å². The number of hydrogen-bond acceptors (Lipinski definition) is 3. The molecule has 1 atom stereocenters. The van der Waals surface area contributed by atoms with Gasteiger partial charge in [-0.05, 0) is 31.8 Å². The number of nitrogens with one attached hydrogen (secondary N) is 2. The summed E-state index contributed by atoms with van der Waals surface area (Å²) in [6, 6.07) is 0.570. The molecule has 1 rings (SSSR count). The van der Waals surface area contributed by atoms with Crippen LogP contribution in [0, 0.1) is 5.92 Å². The van der Waals surface area contributed by atoms with Gasteiger partial charge in [-0.15, -0.1) is 24.0 Å². The minimum absolute atomic E-state index is 0. The van der Waals surface area contributed by atoms with Crippen molar-refractivity contribution in [1.82, 2.24) is 20.4 Å². The average Bonchev–Trinajstić information content (AvgIpc) is 2.93. The van der Waals surface area contributed by atoms with Crippen LogP contribution in [0.25, 0.3) is 0 Å². The summed E-state index contributed by atoms with van der Waals surface area (Å²) in [4.78, 5) is 20.2. The number of aliphatic imine (C=N–C) groups is 1. The van der Waals surface area contributed by atoms with Gasteiger partial charge in [-0.1, -0.05) is 20.8 Å². The van der Waals surface area contributed by atoms with E-state index in [4.69, 9.17) is 0 Å². The first-order chi connectivity index (χ1) is 10.4. The van der Waals surface area contributed by atoms with Crippen LogP contribution in [-0.2, 0) is 4.79 Å². The van der Waals surface area contributed by atoms with Gasteiger partial charge in [0.1, 0.15) is 6.54 Å². The fourth-order valence-electron chi connectivity index (χ4n) is 2.52. The number of halogens is 1. The molecule has 23 heavy (non-hydrogen) atoms. The first-order valence-electron chi connectivity index (χ1n) is 8.40. The highest BCUT2D eigenvalue weighted by atomic mass is 127. The number of hydrogen-bond donors (Lipinski definition) is 2. The first kappa shape index (κ1) is 22.4. The molecule has 1 unspecified atom stereocenters. The van der Waals surface area contributed by atoms with Gasteiger partial charge in [-0.25, -0.2) is 4.99 Å². The number of likely N-dealkylation sites (tertiary alicyclic amines) is 1. The summed E-state index contributed by atoms with van der Waals surface area (Å²) in [5.74, 6) is 1.30. The van der Waals surface area contributed by atoms with Crippen LogP contribution in [0.15, 0.2) is 4.99 Å². The Morgan fingerprint density at radius 3 is 2.61 bits per heavy atom. The topological polar surface area (TPSA) is 60.0 Å². The third-order valence-electron chi connectivity index (χ3n) is 3.96. The van der Waals surface area contributed by atoms with Gasteiger partial charge >= 0.3 is 0 Å². The van der Waals surface area contributed by atoms with E-state index in [1.807, 2.05) is 0 Å². The smallest absolute Gasteiger partial charge is 0.243 e. The van der Waals surface area contributed by atoms with Crippen LogP contribution in [0.5, 0.6) is 0 Å². The van der Waals surface area contributed by atoms with Crippen LogP contribution >= 0.6 is 24.0 Å². The molecule has 136 valence electrons. The normalized spacial score (nSPS) is 18.7. The average molecular weight is 439 g/mol. The Morgan fingerprint density at radius 1 is 1.35 bits per heavy atom. The minimum atomic E-state index is 0. The van der Waals surface area contributed by atoms with Crippen molar-refractivity contribution in [2.24, 2.45) is 10.9 Å². The molecule has 1 aliphatic rings. The maximum Gasteiger partial charge on any atom is 0.243 e. The zero-order valence-corrected chi connectivity index (χ0v) is 17.6. The Kier molecular flexibility index (Phi) is 11.6. The molecule has 0 aromatic carbocycles. The number of nitrogens with zero attached hydrogens (tertiary/aromatic N) is 3. The van der Waals surface area contributed by atoms with Gasteiger partial charge in [0.2, 0.25) is 5.91 Å². The lowest BCUT2D eigenvalue weighted by Crippen LogP contribution is -2.46. The van der Waals surface area contributed by atoms with Crippen LogP contribution in [0.3, 0.4) is 0 Å². The number of carbonyl (C=O) groups excluding carboxylic acids is 1. The summed E-state index contributed by atoms with van der Waals surface area (Å²) in [6.45, 7) is 10.7. The van der Waals surface area contributed by atoms with Crippen molar-refractivity contribution < 1.29 is 4.79 Å². The molecule has 1 amide bonds. The van der Waals surface area contributed by atoms with Gasteiger partial charge < -0.3 is 15.5 Å². The molecule has 0 aromatic heterocycles. The fraction of sp³-hybridized carbons (Fsp3) is 0.875. The van der Waals surface area contributed by atoms with Crippen LogP contribution < -0.4 is 10.6 Å². The Bertz CT molecular complexity index is 373. The van der Waals surface area contributed by atoms with Crippen LogP contribution in [0.4, 0.5) is 0 Å². The van der Waals surface area contributed by atoms with E-state index in [2.05, 4.69) is 41.3 Å². The number of carbonyl (C=O) groups is 1. The second-order valence-corrected chi connectivity index (χ2v) is 6.53. The number of likely N-dealkylation sites (N-methyl/N-ethyl adjacent to an activating group) is 2. The molecule has 2 N–H and O–H groups in total. The van der Waals surface area contributed by atoms with Gasteiger partial charge in [0.25, 0.3) is 0 Å². The van der Waals surface area contributed by atoms with E-state index in [0.29, 0.717) is 12.0 Å². The Hall–Kier alpha value is -0.570. The molecule has 0 spiro atoms. The molecule has 0 aromatic rings. The molecule has 7 heteroatoms. The van der Waals surface area contributed by atoms with Crippen molar-refractivity contribution >= 4 is 35.8 Å². The minimum Gasteiger partial charge on any atom is -0.356 e. The van der Waals surface area contributed by atoms with Crippen molar-refractivity contribution in [3.8, 4) is 0 Å². The number of amides is 1. The predicted octanol–water partition coefficient (Wildman–Crippen LogP) is 1.37. The van der Waals surface area contributed by atoms with Gasteiger partial charge in [0, 0.05) is 33.2 Å². The van der Waals surface area contributed by atoms with E-state index < -0.39 is 0 Å². The summed E-state index contributed by atoms with van der Waals surface area (Å²) in [7, 11) is 3.51. The molecule has 1 fully saturated rings. The van der Waals surface area contributed by atoms with Crippen LogP contribution in [0.1, 0.15) is 33.6 Å². The Balaban J connectivity index is 0.00000484. The number of rotatable bonds is 7. The fourth-order valence-corrected chi connectivity index (χ4v) is 2.52. The molecule has 1 saturated heterocycles. The lowest BCUT2D eigenvalue weighted by Gasteiger charge is -2.24. The molecule has 6 nitrogen and oxygen atoms in total. The lowest BCUT2D eigenvalue weighted by atomic mass is 10.2. The van der Waals surface area contributed by atoms with E-state index in [1.165, 1.54) is 19.4 Å². The van der Waals surface area contributed by atoms with E-state index in [-0.39, 0.29) is 36.4 Å². The molecule has 1 aliphatic heterocycles. The van der Waals surface area contributed by atoms with Gasteiger partial charge in [0.05, 0.1) is 0 Å². The zero-order chi connectivity index (χ0) is 16.5. The Labute approximate surface area is 158 Å². The highest BCUT2D eigenvalue weighted by Crippen LogP contribution is 2.15. The predicted molar refractivity (Wildman–Crippen MR) is 108 cm³/mol. The standard InChI is InChI=1S/C16H33N5O.HI/c1-6-21-9-7-8-14(21)11-18-16(17-10-13(2)3)19-12-15(22)20(4)5;/h13-14H,6-12H2,1-5H3,(H2,17,18,19);1H. The monoisotopic (exact) mass is 439 g/mol. The van der Waals surface area contributed by atoms with Gasteiger partial charge in [-0.2, -0.15) is 0 Å².